The Morgan fingerprint density at radius 3 is 2.43 bits per heavy atom. The molecule has 0 saturated heterocycles. The molecule has 1 unspecified atom stereocenters. The van der Waals surface area contributed by atoms with Gasteiger partial charge in [0.2, 0.25) is 0 Å². The molecule has 1 atom stereocenters. The fourth-order valence-corrected chi connectivity index (χ4v) is 2.05. The van der Waals surface area contributed by atoms with Gasteiger partial charge in [0.1, 0.15) is 0 Å². The van der Waals surface area contributed by atoms with Crippen LogP contribution in [-0.4, -0.2) is 26.3 Å². The summed E-state index contributed by atoms with van der Waals surface area (Å²) < 4.78 is 11.5. The van der Waals surface area contributed by atoms with Crippen molar-refractivity contribution in [3.8, 4) is 11.5 Å². The van der Waals surface area contributed by atoms with E-state index in [9.17, 15) is 0 Å². The Labute approximate surface area is 129 Å². The van der Waals surface area contributed by atoms with Crippen molar-refractivity contribution >= 4 is 0 Å². The Kier molecular flexibility index (Phi) is 7.91. The molecule has 0 fully saturated rings. The van der Waals surface area contributed by atoms with E-state index < -0.39 is 0 Å². The standard InChI is InChI=1S/C18H29NO2/c1-5-13-19-15-18(4,6-2)12-14-21-17-11-9-8-10-16(17)20-7-3/h6,8-11,19H,2,5,7,12-15H2,1,3-4H3. The summed E-state index contributed by atoms with van der Waals surface area (Å²) in [5, 5.41) is 3.46. The Morgan fingerprint density at radius 2 is 1.86 bits per heavy atom. The monoisotopic (exact) mass is 291 g/mol. The lowest BCUT2D eigenvalue weighted by Crippen LogP contribution is -2.32. The van der Waals surface area contributed by atoms with E-state index >= 15 is 0 Å². The van der Waals surface area contributed by atoms with E-state index in [0.29, 0.717) is 13.2 Å². The predicted molar refractivity (Wildman–Crippen MR) is 89.2 cm³/mol. The topological polar surface area (TPSA) is 30.5 Å². The van der Waals surface area contributed by atoms with Crippen LogP contribution in [0.5, 0.6) is 11.5 Å². The van der Waals surface area contributed by atoms with Crippen LogP contribution in [0.25, 0.3) is 0 Å². The molecule has 0 saturated carbocycles. The summed E-state index contributed by atoms with van der Waals surface area (Å²) in [6.45, 7) is 13.6. The number of para-hydroxylation sites is 2. The van der Waals surface area contributed by atoms with Crippen LogP contribution in [-0.2, 0) is 0 Å². The Balaban J connectivity index is 2.49. The molecule has 3 heteroatoms. The van der Waals surface area contributed by atoms with Gasteiger partial charge in [-0.25, -0.2) is 0 Å². The summed E-state index contributed by atoms with van der Waals surface area (Å²) in [5.74, 6) is 1.62. The first-order chi connectivity index (χ1) is 10.1. The fourth-order valence-electron chi connectivity index (χ4n) is 2.05. The van der Waals surface area contributed by atoms with Crippen molar-refractivity contribution in [1.82, 2.24) is 5.32 Å². The minimum atomic E-state index is 0.0513. The average Bonchev–Trinajstić information content (AvgIpc) is 2.49. The van der Waals surface area contributed by atoms with Crippen LogP contribution in [0.1, 0.15) is 33.6 Å². The van der Waals surface area contributed by atoms with Gasteiger partial charge in [-0.2, -0.15) is 0 Å². The summed E-state index contributed by atoms with van der Waals surface area (Å²) >= 11 is 0. The number of rotatable bonds is 11. The van der Waals surface area contributed by atoms with Crippen molar-refractivity contribution in [2.75, 3.05) is 26.3 Å². The highest BCUT2D eigenvalue weighted by Gasteiger charge is 2.20. The molecule has 0 amide bonds. The molecule has 0 spiro atoms. The average molecular weight is 291 g/mol. The van der Waals surface area contributed by atoms with Gasteiger partial charge < -0.3 is 14.8 Å². The van der Waals surface area contributed by atoms with Crippen LogP contribution in [0.4, 0.5) is 0 Å². The van der Waals surface area contributed by atoms with Gasteiger partial charge in [-0.15, -0.1) is 6.58 Å². The van der Waals surface area contributed by atoms with Crippen molar-refractivity contribution in [3.05, 3.63) is 36.9 Å². The molecule has 118 valence electrons. The second-order valence-electron chi connectivity index (χ2n) is 5.51. The van der Waals surface area contributed by atoms with E-state index in [0.717, 1.165) is 37.4 Å². The molecular formula is C18H29NO2. The van der Waals surface area contributed by atoms with Crippen molar-refractivity contribution in [1.29, 1.82) is 0 Å². The zero-order valence-electron chi connectivity index (χ0n) is 13.7. The second-order valence-corrected chi connectivity index (χ2v) is 5.51. The predicted octanol–water partition coefficient (Wildman–Crippen LogP) is 4.05. The van der Waals surface area contributed by atoms with Gasteiger partial charge in [0.05, 0.1) is 13.2 Å². The Bertz CT molecular complexity index is 419. The first-order valence-electron chi connectivity index (χ1n) is 7.84. The molecule has 0 aliphatic rings. The van der Waals surface area contributed by atoms with Gasteiger partial charge in [0, 0.05) is 12.0 Å². The molecule has 0 heterocycles. The highest BCUT2D eigenvalue weighted by atomic mass is 16.5. The second kappa shape index (κ2) is 9.46. The number of nitrogens with one attached hydrogen (secondary N) is 1. The summed E-state index contributed by atoms with van der Waals surface area (Å²) in [7, 11) is 0. The summed E-state index contributed by atoms with van der Waals surface area (Å²) in [6.07, 6.45) is 4.09. The first kappa shape index (κ1) is 17.6. The quantitative estimate of drug-likeness (QED) is 0.493. The maximum Gasteiger partial charge on any atom is 0.161 e. The minimum absolute atomic E-state index is 0.0513. The number of ether oxygens (including phenoxy) is 2. The molecule has 0 aliphatic carbocycles. The SMILES string of the molecule is C=CC(C)(CCOc1ccccc1OCC)CNCCC. The third-order valence-electron chi connectivity index (χ3n) is 3.53. The number of benzene rings is 1. The van der Waals surface area contributed by atoms with Crippen LogP contribution in [0, 0.1) is 5.41 Å². The third kappa shape index (κ3) is 6.21. The zero-order valence-corrected chi connectivity index (χ0v) is 13.7. The van der Waals surface area contributed by atoms with Gasteiger partial charge in [-0.05, 0) is 38.4 Å². The van der Waals surface area contributed by atoms with Crippen molar-refractivity contribution in [2.24, 2.45) is 5.41 Å². The smallest absolute Gasteiger partial charge is 0.161 e. The van der Waals surface area contributed by atoms with E-state index in [1.807, 2.05) is 37.3 Å². The molecule has 21 heavy (non-hydrogen) atoms. The van der Waals surface area contributed by atoms with E-state index in [2.05, 4.69) is 25.7 Å². The van der Waals surface area contributed by atoms with E-state index in [4.69, 9.17) is 9.47 Å². The summed E-state index contributed by atoms with van der Waals surface area (Å²) in [6, 6.07) is 7.81. The zero-order chi connectivity index (χ0) is 15.6. The highest BCUT2D eigenvalue weighted by molar-refractivity contribution is 5.39. The molecule has 0 aliphatic heterocycles. The van der Waals surface area contributed by atoms with Crippen LogP contribution in [0.3, 0.4) is 0 Å². The molecule has 1 rings (SSSR count). The molecular weight excluding hydrogens is 262 g/mol. The largest absolute Gasteiger partial charge is 0.490 e. The lowest BCUT2D eigenvalue weighted by atomic mass is 9.87. The number of hydrogen-bond donors (Lipinski definition) is 1. The molecule has 0 radical (unpaired) electrons. The first-order valence-corrected chi connectivity index (χ1v) is 7.84. The molecule has 1 aromatic rings. The lowest BCUT2D eigenvalue weighted by Gasteiger charge is -2.26. The summed E-state index contributed by atoms with van der Waals surface area (Å²) in [4.78, 5) is 0. The van der Waals surface area contributed by atoms with Gasteiger partial charge in [-0.3, -0.25) is 0 Å². The molecule has 0 aromatic heterocycles. The lowest BCUT2D eigenvalue weighted by molar-refractivity contribution is 0.231. The van der Waals surface area contributed by atoms with Crippen molar-refractivity contribution < 1.29 is 9.47 Å². The molecule has 1 N–H and O–H groups in total. The minimum Gasteiger partial charge on any atom is -0.490 e. The maximum atomic E-state index is 5.89. The normalized spacial score (nSPS) is 13.5. The van der Waals surface area contributed by atoms with Crippen molar-refractivity contribution in [3.63, 3.8) is 0 Å². The molecule has 3 nitrogen and oxygen atoms in total. The van der Waals surface area contributed by atoms with Crippen molar-refractivity contribution in [2.45, 2.75) is 33.6 Å². The Morgan fingerprint density at radius 1 is 1.19 bits per heavy atom. The van der Waals surface area contributed by atoms with Crippen LogP contribution in [0.2, 0.25) is 0 Å². The van der Waals surface area contributed by atoms with Gasteiger partial charge in [0.25, 0.3) is 0 Å². The van der Waals surface area contributed by atoms with E-state index in [1.54, 1.807) is 0 Å². The van der Waals surface area contributed by atoms with Crippen LogP contribution >= 0.6 is 0 Å². The highest BCUT2D eigenvalue weighted by Crippen LogP contribution is 2.28. The Hall–Kier alpha value is -1.48. The number of hydrogen-bond acceptors (Lipinski definition) is 3. The molecule has 0 bridgehead atoms. The van der Waals surface area contributed by atoms with Crippen LogP contribution < -0.4 is 14.8 Å². The van der Waals surface area contributed by atoms with Gasteiger partial charge in [-0.1, -0.05) is 32.1 Å². The van der Waals surface area contributed by atoms with Gasteiger partial charge in [0.15, 0.2) is 11.5 Å². The van der Waals surface area contributed by atoms with E-state index in [1.165, 1.54) is 0 Å². The fraction of sp³-hybridized carbons (Fsp3) is 0.556. The summed E-state index contributed by atoms with van der Waals surface area (Å²) in [5.41, 5.74) is 0.0513. The maximum absolute atomic E-state index is 5.89. The third-order valence-corrected chi connectivity index (χ3v) is 3.53. The van der Waals surface area contributed by atoms with Crippen LogP contribution in [0.15, 0.2) is 36.9 Å². The van der Waals surface area contributed by atoms with Gasteiger partial charge >= 0.3 is 0 Å². The van der Waals surface area contributed by atoms with E-state index in [-0.39, 0.29) is 5.41 Å². The molecule has 1 aromatic carbocycles.